The lowest BCUT2D eigenvalue weighted by molar-refractivity contribution is -0.122. The van der Waals surface area contributed by atoms with Gasteiger partial charge in [-0.05, 0) is 38.1 Å². The summed E-state index contributed by atoms with van der Waals surface area (Å²) in [6.45, 7) is 6.48. The minimum Gasteiger partial charge on any atom is -0.352 e. The normalized spacial score (nSPS) is 31.3. The van der Waals surface area contributed by atoms with Crippen LogP contribution in [0.5, 0.6) is 0 Å². The first kappa shape index (κ1) is 13.2. The van der Waals surface area contributed by atoms with E-state index in [1.165, 1.54) is 19.4 Å². The lowest BCUT2D eigenvalue weighted by atomic mass is 9.97. The van der Waals surface area contributed by atoms with Gasteiger partial charge in [0, 0.05) is 18.6 Å². The molecule has 0 aromatic carbocycles. The molecule has 2 aliphatic heterocycles. The predicted octanol–water partition coefficient (Wildman–Crippen LogP) is 1.68. The number of amides is 1. The molecule has 4 heteroatoms. The fraction of sp³-hybridized carbons (Fsp3) is 0.923. The Morgan fingerprint density at radius 1 is 1.35 bits per heavy atom. The summed E-state index contributed by atoms with van der Waals surface area (Å²) in [7, 11) is 0. The van der Waals surface area contributed by atoms with Gasteiger partial charge in [-0.1, -0.05) is 13.8 Å². The van der Waals surface area contributed by atoms with Crippen molar-refractivity contribution in [2.45, 2.75) is 56.9 Å². The summed E-state index contributed by atoms with van der Waals surface area (Å²) >= 11 is 4.37. The van der Waals surface area contributed by atoms with Crippen molar-refractivity contribution in [3.63, 3.8) is 0 Å². The molecule has 1 N–H and O–H groups in total. The summed E-state index contributed by atoms with van der Waals surface area (Å²) in [5.41, 5.74) is 0. The molecule has 1 amide bonds. The van der Waals surface area contributed by atoms with E-state index in [4.69, 9.17) is 0 Å². The highest BCUT2D eigenvalue weighted by molar-refractivity contribution is 7.81. The number of nitrogens with zero attached hydrogens (tertiary/aromatic N) is 1. The molecule has 98 valence electrons. The third kappa shape index (κ3) is 3.16. The van der Waals surface area contributed by atoms with E-state index >= 15 is 0 Å². The molecule has 0 bridgehead atoms. The Hall–Kier alpha value is -0.220. The molecular formula is C13H24N2OS. The summed E-state index contributed by atoms with van der Waals surface area (Å²) in [6, 6.07) is 1.08. The highest BCUT2D eigenvalue weighted by Gasteiger charge is 2.32. The second kappa shape index (κ2) is 5.61. The maximum absolute atomic E-state index is 11.9. The summed E-state index contributed by atoms with van der Waals surface area (Å²) in [4.78, 5) is 14.5. The number of thiol groups is 1. The standard InChI is InChI=1S/C13H24N2OS/c1-9(2)12(17)13(16)14-10-5-7-15-6-3-4-11(15)8-10/h9-12,17H,3-8H2,1-2H3,(H,14,16). The Balaban J connectivity index is 1.82. The number of carbonyl (C=O) groups is 1. The number of carbonyl (C=O) groups excluding carboxylic acids is 1. The molecule has 2 rings (SSSR count). The second-order valence-electron chi connectivity index (χ2n) is 5.75. The van der Waals surface area contributed by atoms with Gasteiger partial charge in [0.1, 0.15) is 0 Å². The van der Waals surface area contributed by atoms with Crippen molar-refractivity contribution in [2.24, 2.45) is 5.92 Å². The van der Waals surface area contributed by atoms with Crippen molar-refractivity contribution in [3.05, 3.63) is 0 Å². The monoisotopic (exact) mass is 256 g/mol. The minimum atomic E-state index is -0.170. The van der Waals surface area contributed by atoms with E-state index < -0.39 is 0 Å². The third-order valence-electron chi connectivity index (χ3n) is 4.07. The molecule has 0 aliphatic carbocycles. The summed E-state index contributed by atoms with van der Waals surface area (Å²) in [5, 5.41) is 3.00. The first-order valence-electron chi connectivity index (χ1n) is 6.80. The number of nitrogens with one attached hydrogen (secondary N) is 1. The molecule has 0 saturated carbocycles. The van der Waals surface area contributed by atoms with Crippen LogP contribution in [0.15, 0.2) is 0 Å². The smallest absolute Gasteiger partial charge is 0.233 e. The Morgan fingerprint density at radius 3 is 2.82 bits per heavy atom. The summed E-state index contributed by atoms with van der Waals surface area (Å²) in [6.07, 6.45) is 4.86. The number of hydrogen-bond donors (Lipinski definition) is 2. The van der Waals surface area contributed by atoms with E-state index in [0.29, 0.717) is 18.0 Å². The van der Waals surface area contributed by atoms with E-state index in [1.807, 2.05) is 13.8 Å². The molecule has 2 aliphatic rings. The van der Waals surface area contributed by atoms with Gasteiger partial charge in [0.15, 0.2) is 0 Å². The zero-order valence-corrected chi connectivity index (χ0v) is 11.7. The predicted molar refractivity (Wildman–Crippen MR) is 73.4 cm³/mol. The highest BCUT2D eigenvalue weighted by atomic mass is 32.1. The molecule has 3 atom stereocenters. The Morgan fingerprint density at radius 2 is 2.12 bits per heavy atom. The van der Waals surface area contributed by atoms with E-state index in [9.17, 15) is 4.79 Å². The number of fused-ring (bicyclic) bond motifs is 1. The summed E-state index contributed by atoms with van der Waals surface area (Å²) < 4.78 is 0. The van der Waals surface area contributed by atoms with Crippen LogP contribution in [0.2, 0.25) is 0 Å². The second-order valence-corrected chi connectivity index (χ2v) is 6.31. The van der Waals surface area contributed by atoms with Crippen LogP contribution in [-0.2, 0) is 4.79 Å². The Labute approximate surface area is 110 Å². The zero-order chi connectivity index (χ0) is 12.4. The molecule has 0 aromatic heterocycles. The lowest BCUT2D eigenvalue weighted by Gasteiger charge is -2.35. The van der Waals surface area contributed by atoms with Crippen molar-refractivity contribution < 1.29 is 4.79 Å². The van der Waals surface area contributed by atoms with Crippen LogP contribution in [0, 0.1) is 5.92 Å². The van der Waals surface area contributed by atoms with Gasteiger partial charge in [0.25, 0.3) is 0 Å². The topological polar surface area (TPSA) is 32.3 Å². The van der Waals surface area contributed by atoms with Gasteiger partial charge in [-0.25, -0.2) is 0 Å². The van der Waals surface area contributed by atoms with Crippen LogP contribution in [0.25, 0.3) is 0 Å². The van der Waals surface area contributed by atoms with Crippen molar-refractivity contribution in [2.75, 3.05) is 13.1 Å². The quantitative estimate of drug-likeness (QED) is 0.753. The van der Waals surface area contributed by atoms with E-state index in [0.717, 1.165) is 19.4 Å². The fourth-order valence-corrected chi connectivity index (χ4v) is 3.02. The van der Waals surface area contributed by atoms with Gasteiger partial charge in [-0.3, -0.25) is 4.79 Å². The SMILES string of the molecule is CC(C)C(S)C(=O)NC1CCN2CCCC2C1. The molecule has 0 spiro atoms. The van der Waals surface area contributed by atoms with Crippen molar-refractivity contribution in [1.29, 1.82) is 0 Å². The maximum Gasteiger partial charge on any atom is 0.233 e. The molecule has 17 heavy (non-hydrogen) atoms. The average molecular weight is 256 g/mol. The Bertz CT molecular complexity index is 283. The first-order valence-corrected chi connectivity index (χ1v) is 7.32. The molecule has 3 unspecified atom stereocenters. The van der Waals surface area contributed by atoms with Crippen LogP contribution in [0.1, 0.15) is 39.5 Å². The average Bonchev–Trinajstić information content (AvgIpc) is 2.74. The third-order valence-corrected chi connectivity index (χ3v) is 4.90. The van der Waals surface area contributed by atoms with Crippen molar-refractivity contribution in [3.8, 4) is 0 Å². The molecule has 3 nitrogen and oxygen atoms in total. The van der Waals surface area contributed by atoms with Gasteiger partial charge < -0.3 is 10.2 Å². The minimum absolute atomic E-state index is 0.111. The van der Waals surface area contributed by atoms with Crippen molar-refractivity contribution >= 4 is 18.5 Å². The van der Waals surface area contributed by atoms with Crippen LogP contribution in [0.3, 0.4) is 0 Å². The first-order chi connectivity index (χ1) is 8.08. The van der Waals surface area contributed by atoms with Crippen molar-refractivity contribution in [1.82, 2.24) is 10.2 Å². The largest absolute Gasteiger partial charge is 0.352 e. The Kier molecular flexibility index (Phi) is 4.36. The van der Waals surface area contributed by atoms with Gasteiger partial charge in [-0.15, -0.1) is 0 Å². The zero-order valence-electron chi connectivity index (χ0n) is 10.9. The fourth-order valence-electron chi connectivity index (χ4n) is 2.94. The van der Waals surface area contributed by atoms with Crippen LogP contribution >= 0.6 is 12.6 Å². The van der Waals surface area contributed by atoms with Crippen LogP contribution < -0.4 is 5.32 Å². The number of hydrogen-bond acceptors (Lipinski definition) is 3. The molecule has 0 aromatic rings. The van der Waals surface area contributed by atoms with Gasteiger partial charge in [-0.2, -0.15) is 12.6 Å². The molecule has 2 heterocycles. The van der Waals surface area contributed by atoms with E-state index in [-0.39, 0.29) is 11.2 Å². The van der Waals surface area contributed by atoms with E-state index in [1.54, 1.807) is 0 Å². The molecule has 2 fully saturated rings. The lowest BCUT2D eigenvalue weighted by Crippen LogP contribution is -2.49. The van der Waals surface area contributed by atoms with Gasteiger partial charge in [0.05, 0.1) is 5.25 Å². The van der Waals surface area contributed by atoms with E-state index in [2.05, 4.69) is 22.8 Å². The molecular weight excluding hydrogens is 232 g/mol. The molecule has 0 radical (unpaired) electrons. The number of piperidine rings is 1. The molecule has 2 saturated heterocycles. The van der Waals surface area contributed by atoms with Crippen LogP contribution in [0.4, 0.5) is 0 Å². The summed E-state index contributed by atoms with van der Waals surface area (Å²) in [5.74, 6) is 0.407. The number of rotatable bonds is 3. The van der Waals surface area contributed by atoms with Crippen LogP contribution in [-0.4, -0.2) is 41.2 Å². The highest BCUT2D eigenvalue weighted by Crippen LogP contribution is 2.27. The van der Waals surface area contributed by atoms with Gasteiger partial charge in [0.2, 0.25) is 5.91 Å². The van der Waals surface area contributed by atoms with Gasteiger partial charge >= 0.3 is 0 Å². The maximum atomic E-state index is 11.9.